The van der Waals surface area contributed by atoms with Crippen LogP contribution >= 0.6 is 0 Å². The first-order chi connectivity index (χ1) is 15.7. The maximum absolute atomic E-state index is 15.1. The number of rotatable bonds is 6. The van der Waals surface area contributed by atoms with Crippen molar-refractivity contribution in [2.24, 2.45) is 0 Å². The molecule has 1 nitrogen and oxygen atoms in total. The Kier molecular flexibility index (Phi) is 6.36. The van der Waals surface area contributed by atoms with Crippen LogP contribution in [0.2, 0.25) is 0 Å². The molecule has 0 heterocycles. The summed E-state index contributed by atoms with van der Waals surface area (Å²) < 4.78 is 69.5. The number of aryl methyl sites for hydroxylation is 3. The largest absolute Gasteiger partial charge is 0.573 e. The number of fused-ring (bicyclic) bond motifs is 1. The predicted octanol–water partition coefficient (Wildman–Crippen LogP) is 8.03. The van der Waals surface area contributed by atoms with Crippen molar-refractivity contribution in [3.63, 3.8) is 0 Å². The zero-order valence-electron chi connectivity index (χ0n) is 17.8. The lowest BCUT2D eigenvalue weighted by Gasteiger charge is -2.11. The van der Waals surface area contributed by atoms with E-state index in [0.29, 0.717) is 16.5 Å². The van der Waals surface area contributed by atoms with Gasteiger partial charge in [0.1, 0.15) is 5.82 Å². The molecule has 170 valence electrons. The first-order valence-electron chi connectivity index (χ1n) is 10.6. The summed E-state index contributed by atoms with van der Waals surface area (Å²) in [5.41, 5.74) is 4.20. The van der Waals surface area contributed by atoms with E-state index in [0.717, 1.165) is 35.1 Å². The quantitative estimate of drug-likeness (QED) is 0.267. The van der Waals surface area contributed by atoms with Crippen molar-refractivity contribution in [2.45, 2.75) is 32.5 Å². The number of hydrogen-bond acceptors (Lipinski definition) is 1. The number of benzene rings is 4. The molecule has 0 unspecified atom stereocenters. The van der Waals surface area contributed by atoms with Gasteiger partial charge < -0.3 is 4.74 Å². The normalized spacial score (nSPS) is 11.7. The average Bonchev–Trinajstić information content (AvgIpc) is 2.79. The van der Waals surface area contributed by atoms with Crippen LogP contribution in [0, 0.1) is 11.6 Å². The van der Waals surface area contributed by atoms with Crippen molar-refractivity contribution < 1.29 is 26.7 Å². The fraction of sp³-hybridized carbons (Fsp3) is 0.185. The van der Waals surface area contributed by atoms with Crippen molar-refractivity contribution >= 4 is 10.8 Å². The van der Waals surface area contributed by atoms with Gasteiger partial charge in [0.2, 0.25) is 0 Å². The molecule has 0 spiro atoms. The van der Waals surface area contributed by atoms with E-state index in [1.165, 1.54) is 11.6 Å². The lowest BCUT2D eigenvalue weighted by Crippen LogP contribution is -2.18. The Morgan fingerprint density at radius 1 is 0.727 bits per heavy atom. The molecule has 4 aromatic rings. The Bertz CT molecular complexity index is 1280. The van der Waals surface area contributed by atoms with Gasteiger partial charge in [-0.2, -0.15) is 0 Å². The molecule has 0 saturated carbocycles. The second-order valence-corrected chi connectivity index (χ2v) is 7.84. The van der Waals surface area contributed by atoms with Crippen molar-refractivity contribution in [2.75, 3.05) is 0 Å². The summed E-state index contributed by atoms with van der Waals surface area (Å²) in [5.74, 6) is -2.34. The summed E-state index contributed by atoms with van der Waals surface area (Å²) >= 11 is 0. The fourth-order valence-electron chi connectivity index (χ4n) is 3.83. The van der Waals surface area contributed by atoms with Crippen LogP contribution in [0.4, 0.5) is 22.0 Å². The standard InChI is InChI=1S/C27H21F5O/c1-2-17-3-7-19(8-4-17)21-12-13-23-22(16-21)11-10-20(26(23)29)9-5-18-6-14-25(24(28)15-18)33-27(30,31)32/h3-4,6-8,10-16H,2,5,9H2,1H3. The number of halogens is 5. The minimum atomic E-state index is -4.96. The van der Waals surface area contributed by atoms with E-state index < -0.39 is 17.9 Å². The number of alkyl halides is 3. The van der Waals surface area contributed by atoms with E-state index >= 15 is 4.39 Å². The summed E-state index contributed by atoms with van der Waals surface area (Å²) in [4.78, 5) is 0. The minimum absolute atomic E-state index is 0.271. The molecule has 0 radical (unpaired) electrons. The van der Waals surface area contributed by atoms with Gasteiger partial charge in [0, 0.05) is 5.39 Å². The van der Waals surface area contributed by atoms with Crippen LogP contribution < -0.4 is 4.74 Å². The Hall–Kier alpha value is -3.41. The van der Waals surface area contributed by atoms with E-state index in [1.807, 2.05) is 18.2 Å². The lowest BCUT2D eigenvalue weighted by molar-refractivity contribution is -0.275. The maximum Gasteiger partial charge on any atom is 0.573 e. The second kappa shape index (κ2) is 9.22. The smallest absolute Gasteiger partial charge is 0.403 e. The van der Waals surface area contributed by atoms with Crippen LogP contribution in [-0.2, 0) is 19.3 Å². The minimum Gasteiger partial charge on any atom is -0.403 e. The van der Waals surface area contributed by atoms with Gasteiger partial charge in [-0.1, -0.05) is 61.5 Å². The molecule has 0 saturated heterocycles. The van der Waals surface area contributed by atoms with Crippen LogP contribution in [-0.4, -0.2) is 6.36 Å². The summed E-state index contributed by atoms with van der Waals surface area (Å²) in [6.07, 6.45) is -3.45. The van der Waals surface area contributed by atoms with E-state index in [9.17, 15) is 17.6 Å². The maximum atomic E-state index is 15.1. The molecule has 4 rings (SSSR count). The van der Waals surface area contributed by atoms with Gasteiger partial charge in [0.15, 0.2) is 11.6 Å². The van der Waals surface area contributed by atoms with Crippen LogP contribution in [0.5, 0.6) is 5.75 Å². The fourth-order valence-corrected chi connectivity index (χ4v) is 3.83. The van der Waals surface area contributed by atoms with Gasteiger partial charge in [-0.05, 0) is 70.7 Å². The molecule has 0 amide bonds. The zero-order chi connectivity index (χ0) is 23.6. The monoisotopic (exact) mass is 456 g/mol. The number of hydrogen-bond donors (Lipinski definition) is 0. The van der Waals surface area contributed by atoms with Gasteiger partial charge in [-0.25, -0.2) is 8.78 Å². The van der Waals surface area contributed by atoms with Crippen molar-refractivity contribution in [3.05, 3.63) is 101 Å². The number of ether oxygens (including phenoxy) is 1. The topological polar surface area (TPSA) is 9.23 Å². The van der Waals surface area contributed by atoms with Crippen LogP contribution in [0.15, 0.2) is 72.8 Å². The Balaban J connectivity index is 1.52. The van der Waals surface area contributed by atoms with Crippen molar-refractivity contribution in [3.8, 4) is 16.9 Å². The van der Waals surface area contributed by atoms with Crippen LogP contribution in [0.3, 0.4) is 0 Å². The van der Waals surface area contributed by atoms with E-state index in [-0.39, 0.29) is 18.7 Å². The van der Waals surface area contributed by atoms with E-state index in [1.54, 1.807) is 12.1 Å². The lowest BCUT2D eigenvalue weighted by atomic mass is 9.96. The first kappa shape index (κ1) is 22.8. The highest BCUT2D eigenvalue weighted by Gasteiger charge is 2.32. The molecular formula is C27H21F5O. The zero-order valence-corrected chi connectivity index (χ0v) is 17.8. The summed E-state index contributed by atoms with van der Waals surface area (Å²) in [7, 11) is 0. The van der Waals surface area contributed by atoms with Crippen molar-refractivity contribution in [1.82, 2.24) is 0 Å². The molecule has 0 aliphatic rings. The third-order valence-corrected chi connectivity index (χ3v) is 5.63. The third-order valence-electron chi connectivity index (χ3n) is 5.63. The summed E-state index contributed by atoms with van der Waals surface area (Å²) in [6, 6.07) is 20.6. The Morgan fingerprint density at radius 2 is 1.42 bits per heavy atom. The van der Waals surface area contributed by atoms with Gasteiger partial charge in [0.25, 0.3) is 0 Å². The highest BCUT2D eigenvalue weighted by atomic mass is 19.4. The van der Waals surface area contributed by atoms with Crippen LogP contribution in [0.1, 0.15) is 23.6 Å². The molecule has 33 heavy (non-hydrogen) atoms. The molecule has 0 N–H and O–H groups in total. The van der Waals surface area contributed by atoms with E-state index in [4.69, 9.17) is 0 Å². The molecule has 0 aliphatic carbocycles. The highest BCUT2D eigenvalue weighted by molar-refractivity contribution is 5.88. The second-order valence-electron chi connectivity index (χ2n) is 7.84. The first-order valence-corrected chi connectivity index (χ1v) is 10.6. The molecule has 0 bridgehead atoms. The molecular weight excluding hydrogens is 435 g/mol. The van der Waals surface area contributed by atoms with Crippen molar-refractivity contribution in [1.29, 1.82) is 0 Å². The Morgan fingerprint density at radius 3 is 2.09 bits per heavy atom. The predicted molar refractivity (Wildman–Crippen MR) is 119 cm³/mol. The van der Waals surface area contributed by atoms with Gasteiger partial charge in [-0.3, -0.25) is 0 Å². The van der Waals surface area contributed by atoms with Gasteiger partial charge >= 0.3 is 6.36 Å². The molecule has 0 atom stereocenters. The molecule has 6 heteroatoms. The summed E-state index contributed by atoms with van der Waals surface area (Å²) in [6.45, 7) is 2.10. The average molecular weight is 456 g/mol. The van der Waals surface area contributed by atoms with Gasteiger partial charge in [-0.15, -0.1) is 13.2 Å². The molecule has 0 fully saturated rings. The van der Waals surface area contributed by atoms with E-state index in [2.05, 4.69) is 35.9 Å². The molecule has 4 aromatic carbocycles. The Labute approximate surface area is 188 Å². The van der Waals surface area contributed by atoms with Gasteiger partial charge in [0.05, 0.1) is 0 Å². The highest BCUT2D eigenvalue weighted by Crippen LogP contribution is 2.29. The molecule has 0 aliphatic heterocycles. The summed E-state index contributed by atoms with van der Waals surface area (Å²) in [5, 5.41) is 1.26. The van der Waals surface area contributed by atoms with Crippen LogP contribution in [0.25, 0.3) is 21.9 Å². The molecule has 0 aromatic heterocycles. The third kappa shape index (κ3) is 5.33. The SMILES string of the molecule is CCc1ccc(-c2ccc3c(F)c(CCc4ccc(OC(F)(F)F)c(F)c4)ccc3c2)cc1.